The van der Waals surface area contributed by atoms with Gasteiger partial charge in [-0.3, -0.25) is 14.4 Å². The predicted molar refractivity (Wildman–Crippen MR) is 81.2 cm³/mol. The Hall–Kier alpha value is -3.22. The molecule has 0 atom stereocenters. The van der Waals surface area contributed by atoms with E-state index in [-0.39, 0.29) is 0 Å². The minimum Gasteiger partial charge on any atom is -0.366 e. The number of carbonyl (C=O) groups excluding carboxylic acids is 3. The molecule has 0 spiro atoms. The molecule has 7 nitrogen and oxygen atoms in total. The minimum atomic E-state index is -0.836. The smallest absolute Gasteiger partial charge is 0.315 e. The summed E-state index contributed by atoms with van der Waals surface area (Å²) in [5.41, 5.74) is 6.55. The molecule has 0 radical (unpaired) electrons. The highest BCUT2D eigenvalue weighted by atomic mass is 16.2. The van der Waals surface area contributed by atoms with Gasteiger partial charge in [0, 0.05) is 17.4 Å². The van der Waals surface area contributed by atoms with Gasteiger partial charge in [0.05, 0.1) is 0 Å². The Morgan fingerprint density at radius 1 is 1.00 bits per heavy atom. The van der Waals surface area contributed by atoms with Gasteiger partial charge in [0.1, 0.15) is 5.82 Å². The lowest BCUT2D eigenvalue weighted by atomic mass is 10.2. The summed E-state index contributed by atoms with van der Waals surface area (Å²) in [6, 6.07) is 9.38. The van der Waals surface area contributed by atoms with Crippen LogP contribution in [-0.2, 0) is 9.59 Å². The second-order valence-corrected chi connectivity index (χ2v) is 4.52. The number of benzene rings is 1. The van der Waals surface area contributed by atoms with Crippen LogP contribution in [-0.4, -0.2) is 22.7 Å². The first-order valence-electron chi connectivity index (χ1n) is 6.41. The first kappa shape index (κ1) is 15.2. The van der Waals surface area contributed by atoms with E-state index >= 15 is 0 Å². The zero-order valence-corrected chi connectivity index (χ0v) is 11.8. The number of aromatic nitrogens is 1. The average Bonchev–Trinajstić information content (AvgIpc) is 2.50. The fourth-order valence-electron chi connectivity index (χ4n) is 1.69. The molecule has 1 heterocycles. The number of carbonyl (C=O) groups is 3. The summed E-state index contributed by atoms with van der Waals surface area (Å²) < 4.78 is 0. The third-order valence-corrected chi connectivity index (χ3v) is 2.87. The predicted octanol–water partition coefficient (Wildman–Crippen LogP) is 1.07. The largest absolute Gasteiger partial charge is 0.366 e. The van der Waals surface area contributed by atoms with Gasteiger partial charge >= 0.3 is 11.8 Å². The van der Waals surface area contributed by atoms with Crippen molar-refractivity contribution in [2.75, 3.05) is 10.6 Å². The van der Waals surface area contributed by atoms with Crippen LogP contribution < -0.4 is 16.4 Å². The summed E-state index contributed by atoms with van der Waals surface area (Å²) in [6.07, 6.45) is 1.52. The van der Waals surface area contributed by atoms with Gasteiger partial charge in [0.25, 0.3) is 0 Å². The third-order valence-electron chi connectivity index (χ3n) is 2.87. The van der Waals surface area contributed by atoms with Gasteiger partial charge < -0.3 is 16.4 Å². The number of aryl methyl sites for hydroxylation is 1. The van der Waals surface area contributed by atoms with Crippen molar-refractivity contribution in [3.63, 3.8) is 0 Å². The Kier molecular flexibility index (Phi) is 4.47. The highest BCUT2D eigenvalue weighted by Gasteiger charge is 2.15. The van der Waals surface area contributed by atoms with Gasteiger partial charge in [-0.05, 0) is 42.8 Å². The van der Waals surface area contributed by atoms with Crippen LogP contribution in [0, 0.1) is 6.92 Å². The summed E-state index contributed by atoms with van der Waals surface area (Å²) in [7, 11) is 0. The molecule has 2 rings (SSSR count). The number of rotatable bonds is 3. The van der Waals surface area contributed by atoms with Crippen LogP contribution in [0.4, 0.5) is 11.5 Å². The quantitative estimate of drug-likeness (QED) is 0.735. The second-order valence-electron chi connectivity index (χ2n) is 4.52. The molecule has 0 aliphatic rings. The van der Waals surface area contributed by atoms with Gasteiger partial charge in [-0.2, -0.15) is 0 Å². The Morgan fingerprint density at radius 3 is 2.23 bits per heavy atom. The van der Waals surface area contributed by atoms with Crippen LogP contribution in [0.1, 0.15) is 15.9 Å². The van der Waals surface area contributed by atoms with E-state index in [2.05, 4.69) is 15.6 Å². The van der Waals surface area contributed by atoms with E-state index in [0.29, 0.717) is 17.1 Å². The molecule has 0 fully saturated rings. The summed E-state index contributed by atoms with van der Waals surface area (Å²) in [6.45, 7) is 1.77. The first-order chi connectivity index (χ1) is 10.5. The maximum Gasteiger partial charge on any atom is 0.315 e. The number of primary amides is 1. The van der Waals surface area contributed by atoms with Crippen molar-refractivity contribution >= 4 is 29.2 Å². The van der Waals surface area contributed by atoms with Crippen molar-refractivity contribution in [2.24, 2.45) is 5.73 Å². The fourth-order valence-corrected chi connectivity index (χ4v) is 1.69. The van der Waals surface area contributed by atoms with Crippen LogP contribution in [0.5, 0.6) is 0 Å². The molecular weight excluding hydrogens is 284 g/mol. The standard InChI is InChI=1S/C15H14N4O3/c1-9-3-2-8-17-13(9)19-15(22)14(21)18-11-6-4-10(5-7-11)12(16)20/h2-8H,1H3,(H2,16,20)(H,18,21)(H,17,19,22). The maximum atomic E-state index is 11.8. The molecule has 0 aliphatic heterocycles. The van der Waals surface area contributed by atoms with E-state index in [1.54, 1.807) is 19.1 Å². The van der Waals surface area contributed by atoms with Crippen LogP contribution >= 0.6 is 0 Å². The van der Waals surface area contributed by atoms with Gasteiger partial charge in [-0.15, -0.1) is 0 Å². The molecule has 0 saturated heterocycles. The Morgan fingerprint density at radius 2 is 1.64 bits per heavy atom. The molecular formula is C15H14N4O3. The van der Waals surface area contributed by atoms with Crippen molar-refractivity contribution in [3.8, 4) is 0 Å². The van der Waals surface area contributed by atoms with Gasteiger partial charge in [-0.25, -0.2) is 4.98 Å². The lowest BCUT2D eigenvalue weighted by Crippen LogP contribution is -2.29. The molecule has 4 N–H and O–H groups in total. The first-order valence-corrected chi connectivity index (χ1v) is 6.41. The minimum absolute atomic E-state index is 0.312. The number of nitrogens with one attached hydrogen (secondary N) is 2. The molecule has 0 unspecified atom stereocenters. The van der Waals surface area contributed by atoms with Crippen molar-refractivity contribution in [1.29, 1.82) is 0 Å². The Bertz CT molecular complexity index is 726. The number of amides is 3. The van der Waals surface area contributed by atoms with E-state index in [1.807, 2.05) is 0 Å². The normalized spacial score (nSPS) is 9.86. The summed E-state index contributed by atoms with van der Waals surface area (Å²) in [4.78, 5) is 38.5. The van der Waals surface area contributed by atoms with Crippen LogP contribution in [0.3, 0.4) is 0 Å². The van der Waals surface area contributed by atoms with Gasteiger partial charge in [-0.1, -0.05) is 6.07 Å². The third kappa shape index (κ3) is 3.66. The lowest BCUT2D eigenvalue weighted by Gasteiger charge is -2.07. The van der Waals surface area contributed by atoms with Crippen molar-refractivity contribution < 1.29 is 14.4 Å². The fraction of sp³-hybridized carbons (Fsp3) is 0.0667. The van der Waals surface area contributed by atoms with Gasteiger partial charge in [0.15, 0.2) is 0 Å². The Labute approximate surface area is 126 Å². The maximum absolute atomic E-state index is 11.8. The average molecular weight is 298 g/mol. The van der Waals surface area contributed by atoms with Crippen molar-refractivity contribution in [1.82, 2.24) is 4.98 Å². The zero-order chi connectivity index (χ0) is 16.1. The van der Waals surface area contributed by atoms with Gasteiger partial charge in [0.2, 0.25) is 5.91 Å². The molecule has 112 valence electrons. The monoisotopic (exact) mass is 298 g/mol. The second kappa shape index (κ2) is 6.49. The zero-order valence-electron chi connectivity index (χ0n) is 11.8. The highest BCUT2D eigenvalue weighted by Crippen LogP contribution is 2.11. The number of anilines is 2. The van der Waals surface area contributed by atoms with E-state index < -0.39 is 17.7 Å². The number of hydrogen-bond donors (Lipinski definition) is 3. The Balaban J connectivity index is 2.01. The molecule has 1 aromatic heterocycles. The number of nitrogens with zero attached hydrogens (tertiary/aromatic N) is 1. The molecule has 2 aromatic rings. The molecule has 22 heavy (non-hydrogen) atoms. The summed E-state index contributed by atoms with van der Waals surface area (Å²) >= 11 is 0. The van der Waals surface area contributed by atoms with E-state index in [9.17, 15) is 14.4 Å². The summed E-state index contributed by atoms with van der Waals surface area (Å²) in [5.74, 6) is -1.91. The SMILES string of the molecule is Cc1cccnc1NC(=O)C(=O)Nc1ccc(C(N)=O)cc1. The molecule has 3 amide bonds. The van der Waals surface area contributed by atoms with E-state index in [1.165, 1.54) is 30.5 Å². The number of hydrogen-bond acceptors (Lipinski definition) is 4. The molecule has 1 aromatic carbocycles. The molecule has 0 bridgehead atoms. The van der Waals surface area contributed by atoms with Crippen molar-refractivity contribution in [3.05, 3.63) is 53.7 Å². The van der Waals surface area contributed by atoms with Crippen LogP contribution in [0.25, 0.3) is 0 Å². The van der Waals surface area contributed by atoms with Crippen molar-refractivity contribution in [2.45, 2.75) is 6.92 Å². The summed E-state index contributed by atoms with van der Waals surface area (Å²) in [5, 5.41) is 4.84. The highest BCUT2D eigenvalue weighted by molar-refractivity contribution is 6.43. The van der Waals surface area contributed by atoms with Crippen LogP contribution in [0.15, 0.2) is 42.6 Å². The molecule has 7 heteroatoms. The lowest BCUT2D eigenvalue weighted by molar-refractivity contribution is -0.133. The molecule has 0 aliphatic carbocycles. The topological polar surface area (TPSA) is 114 Å². The van der Waals surface area contributed by atoms with E-state index in [0.717, 1.165) is 5.56 Å². The van der Waals surface area contributed by atoms with Crippen LogP contribution in [0.2, 0.25) is 0 Å². The molecule has 0 saturated carbocycles. The van der Waals surface area contributed by atoms with E-state index in [4.69, 9.17) is 5.73 Å². The number of nitrogens with two attached hydrogens (primary N) is 1. The number of pyridine rings is 1.